The van der Waals surface area contributed by atoms with Gasteiger partial charge in [-0.25, -0.2) is 13.4 Å². The van der Waals surface area contributed by atoms with Crippen LogP contribution in [0.3, 0.4) is 0 Å². The van der Waals surface area contributed by atoms with E-state index in [9.17, 15) is 8.42 Å². The molecule has 0 aliphatic heterocycles. The van der Waals surface area contributed by atoms with Crippen LogP contribution in [0.1, 0.15) is 0 Å². The zero-order valence-electron chi connectivity index (χ0n) is 7.26. The fourth-order valence-corrected chi connectivity index (χ4v) is 1.97. The second kappa shape index (κ2) is 2.99. The summed E-state index contributed by atoms with van der Waals surface area (Å²) in [6.45, 7) is 0. The van der Waals surface area contributed by atoms with Crippen molar-refractivity contribution in [3.63, 3.8) is 0 Å². The van der Waals surface area contributed by atoms with Crippen molar-refractivity contribution in [2.24, 2.45) is 0 Å². The number of thiol groups is 1. The second-order valence-electron chi connectivity index (χ2n) is 2.90. The summed E-state index contributed by atoms with van der Waals surface area (Å²) in [6, 6.07) is 4.52. The van der Waals surface area contributed by atoms with E-state index in [1.165, 1.54) is 12.1 Å². The first-order valence-electron chi connectivity index (χ1n) is 3.76. The zero-order valence-corrected chi connectivity index (χ0v) is 8.97. The van der Waals surface area contributed by atoms with Crippen LogP contribution < -0.4 is 0 Å². The average Bonchev–Trinajstić information content (AvgIpc) is 2.41. The molecular formula is C8H7NO3S2. The highest BCUT2D eigenvalue weighted by molar-refractivity contribution is 7.90. The third-order valence-electron chi connectivity index (χ3n) is 1.78. The number of sulfone groups is 1. The highest BCUT2D eigenvalue weighted by Gasteiger charge is 2.10. The Bertz CT molecular complexity index is 586. The van der Waals surface area contributed by atoms with Gasteiger partial charge in [-0.3, -0.25) is 0 Å². The number of rotatable bonds is 1. The molecule has 0 spiro atoms. The SMILES string of the molecule is CS(=O)(=O)c1ccc2oc(S)nc2c1. The van der Waals surface area contributed by atoms with Gasteiger partial charge < -0.3 is 4.42 Å². The molecule has 0 amide bonds. The highest BCUT2D eigenvalue weighted by Crippen LogP contribution is 2.21. The van der Waals surface area contributed by atoms with E-state index in [1.54, 1.807) is 6.07 Å². The Hall–Kier alpha value is -1.01. The summed E-state index contributed by atoms with van der Waals surface area (Å²) in [4.78, 5) is 4.15. The number of aromatic nitrogens is 1. The van der Waals surface area contributed by atoms with Gasteiger partial charge in [0.25, 0.3) is 5.22 Å². The zero-order chi connectivity index (χ0) is 10.3. The highest BCUT2D eigenvalue weighted by atomic mass is 32.2. The van der Waals surface area contributed by atoms with Crippen LogP contribution in [0.5, 0.6) is 0 Å². The largest absolute Gasteiger partial charge is 0.432 e. The van der Waals surface area contributed by atoms with Gasteiger partial charge in [-0.05, 0) is 18.2 Å². The standard InChI is InChI=1S/C8H7NO3S2/c1-14(10,11)5-2-3-7-6(4-5)9-8(13)12-7/h2-4H,1H3,(H,9,13). The molecule has 74 valence electrons. The maximum Gasteiger partial charge on any atom is 0.253 e. The summed E-state index contributed by atoms with van der Waals surface area (Å²) >= 11 is 3.92. The van der Waals surface area contributed by atoms with E-state index in [2.05, 4.69) is 17.6 Å². The molecule has 0 radical (unpaired) electrons. The van der Waals surface area contributed by atoms with Crippen LogP contribution in [-0.4, -0.2) is 19.7 Å². The number of oxazole rings is 1. The lowest BCUT2D eigenvalue weighted by Gasteiger charge is -1.95. The fraction of sp³-hybridized carbons (Fsp3) is 0.125. The predicted molar refractivity (Wildman–Crippen MR) is 54.4 cm³/mol. The molecule has 1 aromatic heterocycles. The van der Waals surface area contributed by atoms with Gasteiger partial charge in [0.2, 0.25) is 0 Å². The van der Waals surface area contributed by atoms with Crippen LogP contribution >= 0.6 is 12.6 Å². The molecule has 0 saturated heterocycles. The lowest BCUT2D eigenvalue weighted by Crippen LogP contribution is -1.95. The van der Waals surface area contributed by atoms with Gasteiger partial charge in [-0.2, -0.15) is 0 Å². The van der Waals surface area contributed by atoms with Crippen molar-refractivity contribution in [2.45, 2.75) is 10.1 Å². The number of fused-ring (bicyclic) bond motifs is 1. The van der Waals surface area contributed by atoms with Crippen molar-refractivity contribution in [2.75, 3.05) is 6.26 Å². The quantitative estimate of drug-likeness (QED) is 0.753. The maximum absolute atomic E-state index is 11.2. The summed E-state index contributed by atoms with van der Waals surface area (Å²) in [5, 5.41) is 0.227. The number of hydrogen-bond acceptors (Lipinski definition) is 5. The summed E-state index contributed by atoms with van der Waals surface area (Å²) in [7, 11) is -3.19. The summed E-state index contributed by atoms with van der Waals surface area (Å²) in [5.41, 5.74) is 1.03. The van der Waals surface area contributed by atoms with Crippen LogP contribution in [0.25, 0.3) is 11.1 Å². The number of hydrogen-bond donors (Lipinski definition) is 1. The van der Waals surface area contributed by atoms with E-state index >= 15 is 0 Å². The molecule has 0 unspecified atom stereocenters. The van der Waals surface area contributed by atoms with Gasteiger partial charge in [-0.1, -0.05) is 12.6 Å². The molecule has 14 heavy (non-hydrogen) atoms. The van der Waals surface area contributed by atoms with Gasteiger partial charge in [0.15, 0.2) is 15.4 Å². The fourth-order valence-electron chi connectivity index (χ4n) is 1.13. The molecule has 1 heterocycles. The van der Waals surface area contributed by atoms with Crippen molar-refractivity contribution in [1.82, 2.24) is 4.98 Å². The lowest BCUT2D eigenvalue weighted by atomic mass is 10.3. The molecule has 2 aromatic rings. The summed E-state index contributed by atoms with van der Waals surface area (Å²) in [5.74, 6) is 0. The molecule has 0 N–H and O–H groups in total. The van der Waals surface area contributed by atoms with E-state index in [0.717, 1.165) is 6.26 Å². The van der Waals surface area contributed by atoms with Crippen LogP contribution in [0, 0.1) is 0 Å². The van der Waals surface area contributed by atoms with Crippen molar-refractivity contribution < 1.29 is 12.8 Å². The molecule has 2 rings (SSSR count). The van der Waals surface area contributed by atoms with E-state index < -0.39 is 9.84 Å². The van der Waals surface area contributed by atoms with Crippen LogP contribution in [-0.2, 0) is 9.84 Å². The van der Waals surface area contributed by atoms with Gasteiger partial charge in [0.05, 0.1) is 4.90 Å². The third-order valence-corrected chi connectivity index (χ3v) is 3.08. The lowest BCUT2D eigenvalue weighted by molar-refractivity contribution is 0.492. The van der Waals surface area contributed by atoms with Gasteiger partial charge in [0, 0.05) is 6.26 Å². The van der Waals surface area contributed by atoms with Crippen LogP contribution in [0.4, 0.5) is 0 Å². The maximum atomic E-state index is 11.2. The summed E-state index contributed by atoms with van der Waals surface area (Å²) < 4.78 is 27.5. The Kier molecular flexibility index (Phi) is 2.04. The number of benzene rings is 1. The first-order valence-corrected chi connectivity index (χ1v) is 6.10. The minimum Gasteiger partial charge on any atom is -0.432 e. The molecule has 0 aliphatic carbocycles. The van der Waals surface area contributed by atoms with E-state index in [4.69, 9.17) is 4.42 Å². The minimum atomic E-state index is -3.19. The minimum absolute atomic E-state index is 0.227. The Morgan fingerprint density at radius 2 is 2.14 bits per heavy atom. The Balaban J connectivity index is 2.74. The molecule has 6 heteroatoms. The molecule has 0 aliphatic rings. The van der Waals surface area contributed by atoms with E-state index in [-0.39, 0.29) is 10.1 Å². The first kappa shape index (κ1) is 9.54. The van der Waals surface area contributed by atoms with Gasteiger partial charge in [0.1, 0.15) is 5.52 Å². The molecule has 0 fully saturated rings. The van der Waals surface area contributed by atoms with Crippen LogP contribution in [0.15, 0.2) is 32.7 Å². The third kappa shape index (κ3) is 1.62. The Morgan fingerprint density at radius 1 is 1.43 bits per heavy atom. The molecular weight excluding hydrogens is 222 g/mol. The predicted octanol–water partition coefficient (Wildman–Crippen LogP) is 1.52. The molecule has 0 saturated carbocycles. The average molecular weight is 229 g/mol. The van der Waals surface area contributed by atoms with Gasteiger partial charge in [-0.15, -0.1) is 0 Å². The van der Waals surface area contributed by atoms with Crippen molar-refractivity contribution in [1.29, 1.82) is 0 Å². The first-order chi connectivity index (χ1) is 6.47. The van der Waals surface area contributed by atoms with Crippen molar-refractivity contribution in [3.05, 3.63) is 18.2 Å². The normalized spacial score (nSPS) is 12.1. The number of nitrogens with zero attached hydrogens (tertiary/aromatic N) is 1. The Labute approximate surface area is 86.3 Å². The van der Waals surface area contributed by atoms with E-state index in [1.807, 2.05) is 0 Å². The monoisotopic (exact) mass is 229 g/mol. The van der Waals surface area contributed by atoms with Crippen LogP contribution in [0.2, 0.25) is 0 Å². The molecule has 1 aromatic carbocycles. The van der Waals surface area contributed by atoms with Crippen molar-refractivity contribution in [3.8, 4) is 0 Å². The second-order valence-corrected chi connectivity index (χ2v) is 5.30. The Morgan fingerprint density at radius 3 is 2.79 bits per heavy atom. The van der Waals surface area contributed by atoms with Gasteiger partial charge >= 0.3 is 0 Å². The summed E-state index contributed by atoms with van der Waals surface area (Å²) in [6.07, 6.45) is 1.15. The van der Waals surface area contributed by atoms with E-state index in [0.29, 0.717) is 11.1 Å². The molecule has 0 bridgehead atoms. The molecule has 4 nitrogen and oxygen atoms in total. The smallest absolute Gasteiger partial charge is 0.253 e. The topological polar surface area (TPSA) is 60.2 Å². The molecule has 0 atom stereocenters. The van der Waals surface area contributed by atoms with Crippen molar-refractivity contribution >= 4 is 33.6 Å².